The number of methoxy groups -OCH3 is 1. The monoisotopic (exact) mass is 224 g/mol. The number of anilines is 2. The average Bonchev–Trinajstić information content (AvgIpc) is 2.28. The number of nitrogens with two attached hydrogens (primary N) is 1. The fraction of sp³-hybridized carbons (Fsp3) is 0.500. The zero-order valence-corrected chi connectivity index (χ0v) is 10.1. The van der Waals surface area contributed by atoms with Crippen LogP contribution in [0.5, 0.6) is 5.75 Å². The van der Waals surface area contributed by atoms with Crippen LogP contribution in [0.3, 0.4) is 0 Å². The van der Waals surface area contributed by atoms with Gasteiger partial charge in [0, 0.05) is 19.2 Å². The molecular formula is C12H20N2O2. The van der Waals surface area contributed by atoms with Gasteiger partial charge in [0.1, 0.15) is 5.75 Å². The van der Waals surface area contributed by atoms with Gasteiger partial charge in [-0.15, -0.1) is 0 Å². The van der Waals surface area contributed by atoms with Gasteiger partial charge >= 0.3 is 0 Å². The molecule has 1 atom stereocenters. The Kier molecular flexibility index (Phi) is 4.92. The van der Waals surface area contributed by atoms with Crippen LogP contribution in [0.1, 0.15) is 13.8 Å². The third kappa shape index (κ3) is 3.62. The first kappa shape index (κ1) is 12.6. The minimum Gasteiger partial charge on any atom is -0.497 e. The van der Waals surface area contributed by atoms with Crippen molar-refractivity contribution in [1.82, 2.24) is 0 Å². The minimum atomic E-state index is 0.163. The van der Waals surface area contributed by atoms with Gasteiger partial charge < -0.3 is 20.5 Å². The summed E-state index contributed by atoms with van der Waals surface area (Å²) in [6, 6.07) is 5.55. The molecule has 3 N–H and O–H groups in total. The molecule has 0 bridgehead atoms. The summed E-state index contributed by atoms with van der Waals surface area (Å²) in [6.45, 7) is 5.45. The number of ether oxygens (including phenoxy) is 2. The molecule has 1 aromatic carbocycles. The van der Waals surface area contributed by atoms with Crippen molar-refractivity contribution in [2.45, 2.75) is 20.0 Å². The summed E-state index contributed by atoms with van der Waals surface area (Å²) in [5, 5.41) is 3.24. The number of benzene rings is 1. The first-order valence-corrected chi connectivity index (χ1v) is 5.46. The van der Waals surface area contributed by atoms with Crippen LogP contribution in [-0.4, -0.2) is 26.4 Å². The molecule has 0 aliphatic carbocycles. The van der Waals surface area contributed by atoms with Gasteiger partial charge in [0.15, 0.2) is 0 Å². The smallest absolute Gasteiger partial charge is 0.121 e. The number of nitrogens with one attached hydrogen (secondary N) is 1. The molecular weight excluding hydrogens is 204 g/mol. The molecule has 16 heavy (non-hydrogen) atoms. The molecule has 1 unspecified atom stereocenters. The Morgan fingerprint density at radius 2 is 2.19 bits per heavy atom. The van der Waals surface area contributed by atoms with Crippen molar-refractivity contribution in [3.05, 3.63) is 18.2 Å². The highest BCUT2D eigenvalue weighted by Crippen LogP contribution is 2.24. The van der Waals surface area contributed by atoms with Crippen LogP contribution in [0.2, 0.25) is 0 Å². The van der Waals surface area contributed by atoms with Gasteiger partial charge in [-0.25, -0.2) is 0 Å². The topological polar surface area (TPSA) is 56.5 Å². The lowest BCUT2D eigenvalue weighted by atomic mass is 10.2. The van der Waals surface area contributed by atoms with Crippen molar-refractivity contribution < 1.29 is 9.47 Å². The van der Waals surface area contributed by atoms with E-state index in [4.69, 9.17) is 15.2 Å². The van der Waals surface area contributed by atoms with Crippen molar-refractivity contribution in [2.75, 3.05) is 31.3 Å². The number of rotatable bonds is 6. The zero-order valence-electron chi connectivity index (χ0n) is 10.1. The normalized spacial score (nSPS) is 12.2. The molecule has 0 aliphatic heterocycles. The molecule has 4 heteroatoms. The lowest BCUT2D eigenvalue weighted by Crippen LogP contribution is -2.20. The molecule has 0 radical (unpaired) electrons. The second kappa shape index (κ2) is 6.23. The van der Waals surface area contributed by atoms with Gasteiger partial charge in [0.2, 0.25) is 0 Å². The summed E-state index contributed by atoms with van der Waals surface area (Å²) in [7, 11) is 1.64. The van der Waals surface area contributed by atoms with E-state index in [2.05, 4.69) is 5.32 Å². The van der Waals surface area contributed by atoms with E-state index < -0.39 is 0 Å². The largest absolute Gasteiger partial charge is 0.497 e. The zero-order chi connectivity index (χ0) is 12.0. The van der Waals surface area contributed by atoms with E-state index in [1.807, 2.05) is 32.0 Å². The molecule has 0 aliphatic rings. The van der Waals surface area contributed by atoms with Crippen LogP contribution in [0.15, 0.2) is 18.2 Å². The third-order valence-corrected chi connectivity index (χ3v) is 2.29. The van der Waals surface area contributed by atoms with Crippen LogP contribution in [-0.2, 0) is 4.74 Å². The predicted octanol–water partition coefficient (Wildman–Crippen LogP) is 2.11. The summed E-state index contributed by atoms with van der Waals surface area (Å²) >= 11 is 0. The van der Waals surface area contributed by atoms with Crippen LogP contribution in [0, 0.1) is 0 Å². The highest BCUT2D eigenvalue weighted by Gasteiger charge is 2.04. The van der Waals surface area contributed by atoms with E-state index in [1.54, 1.807) is 7.11 Å². The van der Waals surface area contributed by atoms with E-state index in [1.165, 1.54) is 0 Å². The van der Waals surface area contributed by atoms with Crippen LogP contribution in [0.25, 0.3) is 0 Å². The van der Waals surface area contributed by atoms with Gasteiger partial charge in [-0.05, 0) is 26.0 Å². The number of nitrogen functional groups attached to an aromatic ring is 1. The number of hydrogen-bond acceptors (Lipinski definition) is 4. The molecule has 90 valence electrons. The molecule has 0 spiro atoms. The summed E-state index contributed by atoms with van der Waals surface area (Å²) in [5.74, 6) is 0.792. The Labute approximate surface area is 96.7 Å². The Hall–Kier alpha value is -1.42. The van der Waals surface area contributed by atoms with Crippen molar-refractivity contribution >= 4 is 11.4 Å². The van der Waals surface area contributed by atoms with E-state index >= 15 is 0 Å². The second-order valence-electron chi connectivity index (χ2n) is 3.60. The Morgan fingerprint density at radius 1 is 1.44 bits per heavy atom. The molecule has 1 aromatic rings. The van der Waals surface area contributed by atoms with Crippen LogP contribution < -0.4 is 15.8 Å². The second-order valence-corrected chi connectivity index (χ2v) is 3.60. The fourth-order valence-corrected chi connectivity index (χ4v) is 1.41. The molecule has 0 saturated heterocycles. The maximum atomic E-state index is 5.85. The molecule has 0 aromatic heterocycles. The first-order valence-electron chi connectivity index (χ1n) is 5.46. The molecule has 0 fully saturated rings. The highest BCUT2D eigenvalue weighted by atomic mass is 16.5. The standard InChI is InChI=1S/C12H20N2O2/c1-4-16-9(2)8-14-12-7-10(15-3)5-6-11(12)13/h5-7,9,14H,4,8,13H2,1-3H3. The molecule has 1 rings (SSSR count). The predicted molar refractivity (Wildman–Crippen MR) is 67.0 cm³/mol. The third-order valence-electron chi connectivity index (χ3n) is 2.29. The van der Waals surface area contributed by atoms with E-state index in [-0.39, 0.29) is 6.10 Å². The average molecular weight is 224 g/mol. The summed E-state index contributed by atoms with van der Waals surface area (Å²) < 4.78 is 10.6. The Balaban J connectivity index is 2.58. The van der Waals surface area contributed by atoms with Gasteiger partial charge in [-0.3, -0.25) is 0 Å². The quantitative estimate of drug-likeness (QED) is 0.727. The summed E-state index contributed by atoms with van der Waals surface area (Å²) in [6.07, 6.45) is 0.163. The van der Waals surface area contributed by atoms with Crippen LogP contribution in [0.4, 0.5) is 11.4 Å². The highest BCUT2D eigenvalue weighted by molar-refractivity contribution is 5.68. The number of hydrogen-bond donors (Lipinski definition) is 2. The van der Waals surface area contributed by atoms with Crippen molar-refractivity contribution in [2.24, 2.45) is 0 Å². The molecule has 0 heterocycles. The van der Waals surface area contributed by atoms with Gasteiger partial charge in [-0.2, -0.15) is 0 Å². The van der Waals surface area contributed by atoms with E-state index in [9.17, 15) is 0 Å². The van der Waals surface area contributed by atoms with E-state index in [0.717, 1.165) is 24.6 Å². The maximum absolute atomic E-state index is 5.85. The molecule has 4 nitrogen and oxygen atoms in total. The lowest BCUT2D eigenvalue weighted by Gasteiger charge is -2.15. The minimum absolute atomic E-state index is 0.163. The summed E-state index contributed by atoms with van der Waals surface area (Å²) in [4.78, 5) is 0. The fourth-order valence-electron chi connectivity index (χ4n) is 1.41. The lowest BCUT2D eigenvalue weighted by molar-refractivity contribution is 0.0855. The van der Waals surface area contributed by atoms with Gasteiger partial charge in [-0.1, -0.05) is 0 Å². The first-order chi connectivity index (χ1) is 7.67. The van der Waals surface area contributed by atoms with E-state index in [0.29, 0.717) is 5.69 Å². The van der Waals surface area contributed by atoms with Crippen molar-refractivity contribution in [3.63, 3.8) is 0 Å². The van der Waals surface area contributed by atoms with Gasteiger partial charge in [0.05, 0.1) is 24.6 Å². The molecule has 0 saturated carbocycles. The Bertz CT molecular complexity index is 329. The maximum Gasteiger partial charge on any atom is 0.121 e. The SMILES string of the molecule is CCOC(C)CNc1cc(OC)ccc1N. The Morgan fingerprint density at radius 3 is 2.81 bits per heavy atom. The van der Waals surface area contributed by atoms with Crippen LogP contribution >= 0.6 is 0 Å². The summed E-state index contributed by atoms with van der Waals surface area (Å²) in [5.41, 5.74) is 7.44. The molecule has 0 amide bonds. The van der Waals surface area contributed by atoms with Gasteiger partial charge in [0.25, 0.3) is 0 Å². The van der Waals surface area contributed by atoms with Crippen molar-refractivity contribution in [1.29, 1.82) is 0 Å². The van der Waals surface area contributed by atoms with Crippen molar-refractivity contribution in [3.8, 4) is 5.75 Å².